The van der Waals surface area contributed by atoms with Crippen molar-refractivity contribution in [3.63, 3.8) is 0 Å². The van der Waals surface area contributed by atoms with Crippen LogP contribution in [0.15, 0.2) is 12.3 Å². The van der Waals surface area contributed by atoms with Crippen molar-refractivity contribution in [1.82, 2.24) is 9.78 Å². The predicted octanol–water partition coefficient (Wildman–Crippen LogP) is 0.780. The second-order valence-electron chi connectivity index (χ2n) is 2.42. The number of alkyl halides is 1. The Labute approximate surface area is 65.0 Å². The number of aromatic nitrogens is 2. The van der Waals surface area contributed by atoms with E-state index in [-0.39, 0.29) is 0 Å². The molecule has 0 saturated heterocycles. The largest absolute Gasteiger partial charge is 0.330 e. The van der Waals surface area contributed by atoms with Crippen molar-refractivity contribution < 1.29 is 4.39 Å². The Morgan fingerprint density at radius 1 is 1.82 bits per heavy atom. The normalized spacial score (nSPS) is 13.4. The van der Waals surface area contributed by atoms with Gasteiger partial charge in [0.05, 0.1) is 5.69 Å². The van der Waals surface area contributed by atoms with E-state index in [2.05, 4.69) is 5.10 Å². The lowest BCUT2D eigenvalue weighted by Gasteiger charge is -2.05. The summed E-state index contributed by atoms with van der Waals surface area (Å²) >= 11 is 0. The molecule has 1 heterocycles. The third-order valence-electron chi connectivity index (χ3n) is 1.60. The average Bonchev–Trinajstić information content (AvgIpc) is 2.36. The van der Waals surface area contributed by atoms with Gasteiger partial charge in [0.15, 0.2) is 0 Å². The standard InChI is InChI=1S/C7H12FN3/c1-11-7(3-5-10-11)6(8)2-4-9/h3,5-6H,2,4,9H2,1H3. The van der Waals surface area contributed by atoms with Crippen molar-refractivity contribution >= 4 is 0 Å². The molecule has 0 bridgehead atoms. The molecule has 3 nitrogen and oxygen atoms in total. The molecule has 1 rings (SSSR count). The summed E-state index contributed by atoms with van der Waals surface area (Å²) < 4.78 is 14.6. The Kier molecular flexibility index (Phi) is 2.59. The zero-order valence-electron chi connectivity index (χ0n) is 6.50. The maximum absolute atomic E-state index is 13.1. The van der Waals surface area contributed by atoms with E-state index in [1.165, 1.54) is 4.68 Å². The van der Waals surface area contributed by atoms with E-state index in [0.29, 0.717) is 18.7 Å². The molecule has 0 aliphatic rings. The van der Waals surface area contributed by atoms with Crippen LogP contribution in [0, 0.1) is 0 Å². The fourth-order valence-electron chi connectivity index (χ4n) is 0.986. The zero-order chi connectivity index (χ0) is 8.27. The van der Waals surface area contributed by atoms with Crippen molar-refractivity contribution in [2.24, 2.45) is 12.8 Å². The first-order chi connectivity index (χ1) is 5.25. The topological polar surface area (TPSA) is 43.8 Å². The quantitative estimate of drug-likeness (QED) is 0.704. The third kappa shape index (κ3) is 1.77. The van der Waals surface area contributed by atoms with Crippen LogP contribution in [0.3, 0.4) is 0 Å². The van der Waals surface area contributed by atoms with Gasteiger partial charge >= 0.3 is 0 Å². The van der Waals surface area contributed by atoms with E-state index in [4.69, 9.17) is 5.73 Å². The molecule has 62 valence electrons. The monoisotopic (exact) mass is 157 g/mol. The number of hydrogen-bond donors (Lipinski definition) is 1. The van der Waals surface area contributed by atoms with Crippen molar-refractivity contribution in [2.75, 3.05) is 6.54 Å². The Bertz CT molecular complexity index is 221. The Balaban J connectivity index is 2.67. The van der Waals surface area contributed by atoms with Crippen molar-refractivity contribution in [1.29, 1.82) is 0 Å². The summed E-state index contributed by atoms with van der Waals surface area (Å²) in [5, 5.41) is 3.86. The SMILES string of the molecule is Cn1nccc1C(F)CCN. The summed E-state index contributed by atoms with van der Waals surface area (Å²) in [6.07, 6.45) is 0.963. The maximum atomic E-state index is 13.1. The van der Waals surface area contributed by atoms with Gasteiger partial charge in [-0.15, -0.1) is 0 Å². The van der Waals surface area contributed by atoms with Gasteiger partial charge in [0.1, 0.15) is 6.17 Å². The lowest BCUT2D eigenvalue weighted by molar-refractivity contribution is 0.310. The van der Waals surface area contributed by atoms with E-state index < -0.39 is 6.17 Å². The van der Waals surface area contributed by atoms with Crippen LogP contribution in [0.5, 0.6) is 0 Å². The minimum atomic E-state index is -0.979. The van der Waals surface area contributed by atoms with Crippen LogP contribution in [-0.2, 0) is 7.05 Å². The maximum Gasteiger partial charge on any atom is 0.143 e. The van der Waals surface area contributed by atoms with Crippen LogP contribution in [0.1, 0.15) is 18.3 Å². The van der Waals surface area contributed by atoms with E-state index in [9.17, 15) is 4.39 Å². The summed E-state index contributed by atoms with van der Waals surface area (Å²) in [6.45, 7) is 0.367. The van der Waals surface area contributed by atoms with Crippen LogP contribution in [0.25, 0.3) is 0 Å². The molecular weight excluding hydrogens is 145 g/mol. The van der Waals surface area contributed by atoms with E-state index >= 15 is 0 Å². The highest BCUT2D eigenvalue weighted by atomic mass is 19.1. The number of halogens is 1. The molecule has 4 heteroatoms. The fraction of sp³-hybridized carbons (Fsp3) is 0.571. The summed E-state index contributed by atoms with van der Waals surface area (Å²) in [5.41, 5.74) is 5.81. The number of nitrogens with two attached hydrogens (primary N) is 1. The first-order valence-electron chi connectivity index (χ1n) is 3.57. The highest BCUT2D eigenvalue weighted by Crippen LogP contribution is 2.18. The molecule has 1 atom stereocenters. The molecule has 1 aromatic rings. The van der Waals surface area contributed by atoms with Crippen molar-refractivity contribution in [3.8, 4) is 0 Å². The Morgan fingerprint density at radius 3 is 3.00 bits per heavy atom. The number of hydrogen-bond acceptors (Lipinski definition) is 2. The third-order valence-corrected chi connectivity index (χ3v) is 1.60. The number of rotatable bonds is 3. The van der Waals surface area contributed by atoms with E-state index in [0.717, 1.165) is 0 Å². The summed E-state index contributed by atoms with van der Waals surface area (Å²) in [7, 11) is 1.72. The van der Waals surface area contributed by atoms with E-state index in [1.54, 1.807) is 19.3 Å². The first kappa shape index (κ1) is 8.20. The zero-order valence-corrected chi connectivity index (χ0v) is 6.50. The van der Waals surface area contributed by atoms with Crippen LogP contribution < -0.4 is 5.73 Å². The van der Waals surface area contributed by atoms with Gasteiger partial charge in [-0.3, -0.25) is 4.68 Å². The molecule has 0 aliphatic carbocycles. The molecule has 0 fully saturated rings. The van der Waals surface area contributed by atoms with Gasteiger partial charge in [0.2, 0.25) is 0 Å². The summed E-state index contributed by atoms with van der Waals surface area (Å²) in [6, 6.07) is 1.67. The Hall–Kier alpha value is -0.900. The van der Waals surface area contributed by atoms with Gasteiger partial charge in [-0.2, -0.15) is 5.10 Å². The highest BCUT2D eigenvalue weighted by Gasteiger charge is 2.11. The molecule has 0 radical (unpaired) electrons. The number of aryl methyl sites for hydroxylation is 1. The number of nitrogens with zero attached hydrogens (tertiary/aromatic N) is 2. The molecule has 2 N–H and O–H groups in total. The smallest absolute Gasteiger partial charge is 0.143 e. The van der Waals surface area contributed by atoms with Crippen molar-refractivity contribution in [3.05, 3.63) is 18.0 Å². The first-order valence-corrected chi connectivity index (χ1v) is 3.57. The van der Waals surface area contributed by atoms with Crippen LogP contribution in [0.4, 0.5) is 4.39 Å². The summed E-state index contributed by atoms with van der Waals surface area (Å²) in [5.74, 6) is 0. The van der Waals surface area contributed by atoms with Gasteiger partial charge < -0.3 is 5.73 Å². The van der Waals surface area contributed by atoms with Crippen LogP contribution in [0.2, 0.25) is 0 Å². The molecule has 1 unspecified atom stereocenters. The van der Waals surface area contributed by atoms with Gasteiger partial charge in [0, 0.05) is 13.2 Å². The lowest BCUT2D eigenvalue weighted by Crippen LogP contribution is -2.07. The lowest BCUT2D eigenvalue weighted by atomic mass is 10.2. The molecule has 11 heavy (non-hydrogen) atoms. The molecule has 0 amide bonds. The minimum absolute atomic E-state index is 0.361. The molecule has 0 spiro atoms. The van der Waals surface area contributed by atoms with Crippen molar-refractivity contribution in [2.45, 2.75) is 12.6 Å². The van der Waals surface area contributed by atoms with Gasteiger partial charge in [0.25, 0.3) is 0 Å². The summed E-state index contributed by atoms with van der Waals surface area (Å²) in [4.78, 5) is 0. The average molecular weight is 157 g/mol. The second kappa shape index (κ2) is 3.48. The van der Waals surface area contributed by atoms with Crippen LogP contribution in [-0.4, -0.2) is 16.3 Å². The van der Waals surface area contributed by atoms with Gasteiger partial charge in [-0.1, -0.05) is 0 Å². The Morgan fingerprint density at radius 2 is 2.55 bits per heavy atom. The predicted molar refractivity (Wildman–Crippen MR) is 40.7 cm³/mol. The minimum Gasteiger partial charge on any atom is -0.330 e. The fourth-order valence-corrected chi connectivity index (χ4v) is 0.986. The molecule has 0 aromatic carbocycles. The van der Waals surface area contributed by atoms with Crippen LogP contribution >= 0.6 is 0 Å². The molecule has 0 aliphatic heterocycles. The molecule has 0 saturated carbocycles. The molecular formula is C7H12FN3. The molecule has 1 aromatic heterocycles. The highest BCUT2D eigenvalue weighted by molar-refractivity contribution is 5.03. The second-order valence-corrected chi connectivity index (χ2v) is 2.42. The van der Waals surface area contributed by atoms with E-state index in [1.807, 2.05) is 0 Å². The van der Waals surface area contributed by atoms with Gasteiger partial charge in [-0.25, -0.2) is 4.39 Å². The van der Waals surface area contributed by atoms with Gasteiger partial charge in [-0.05, 0) is 19.0 Å².